The SMILES string of the molecule is CCCCCCCCCCC[C@@H]1CCC=C(C)N1S(=O)(=O)c1ccc(C)cc1. The van der Waals surface area contributed by atoms with Crippen molar-refractivity contribution in [2.24, 2.45) is 0 Å². The van der Waals surface area contributed by atoms with E-state index in [0.29, 0.717) is 4.90 Å². The zero-order valence-electron chi connectivity index (χ0n) is 18.1. The van der Waals surface area contributed by atoms with Gasteiger partial charge in [0.25, 0.3) is 10.0 Å². The van der Waals surface area contributed by atoms with E-state index < -0.39 is 10.0 Å². The highest BCUT2D eigenvalue weighted by molar-refractivity contribution is 7.89. The van der Waals surface area contributed by atoms with Crippen LogP contribution in [0.25, 0.3) is 0 Å². The first-order valence-electron chi connectivity index (χ1n) is 11.2. The Morgan fingerprint density at radius 1 is 0.893 bits per heavy atom. The minimum absolute atomic E-state index is 0.0980. The van der Waals surface area contributed by atoms with E-state index in [1.54, 1.807) is 16.4 Å². The summed E-state index contributed by atoms with van der Waals surface area (Å²) in [5.41, 5.74) is 1.96. The molecule has 0 N–H and O–H groups in total. The predicted molar refractivity (Wildman–Crippen MR) is 119 cm³/mol. The molecule has 0 saturated heterocycles. The first-order chi connectivity index (χ1) is 13.5. The van der Waals surface area contributed by atoms with Crippen LogP contribution < -0.4 is 0 Å². The van der Waals surface area contributed by atoms with Crippen LogP contribution in [-0.2, 0) is 10.0 Å². The van der Waals surface area contributed by atoms with Crippen molar-refractivity contribution in [3.05, 3.63) is 41.6 Å². The molecule has 3 nitrogen and oxygen atoms in total. The minimum Gasteiger partial charge on any atom is -0.268 e. The maximum absolute atomic E-state index is 13.3. The van der Waals surface area contributed by atoms with E-state index in [9.17, 15) is 8.42 Å². The average molecular weight is 406 g/mol. The Morgan fingerprint density at radius 2 is 1.46 bits per heavy atom. The predicted octanol–water partition coefficient (Wildman–Crippen LogP) is 6.97. The van der Waals surface area contributed by atoms with Gasteiger partial charge in [-0.2, -0.15) is 0 Å². The highest BCUT2D eigenvalue weighted by Crippen LogP contribution is 2.31. The second-order valence-corrected chi connectivity index (χ2v) is 10.1. The maximum atomic E-state index is 13.3. The Labute approximate surface area is 173 Å². The standard InChI is InChI=1S/C24H39NO2S/c1-4-5-6-7-8-9-10-11-12-15-23-16-13-14-22(3)25(23)28(26,27)24-19-17-21(2)18-20-24/h14,17-20,23H,4-13,15-16H2,1-3H3/t23-/m1/s1. The van der Waals surface area contributed by atoms with Crippen LogP contribution in [0.15, 0.2) is 40.9 Å². The van der Waals surface area contributed by atoms with Crippen molar-refractivity contribution in [1.82, 2.24) is 4.31 Å². The quantitative estimate of drug-likeness (QED) is 0.352. The zero-order valence-corrected chi connectivity index (χ0v) is 18.9. The van der Waals surface area contributed by atoms with Crippen molar-refractivity contribution in [3.63, 3.8) is 0 Å². The number of benzene rings is 1. The Bertz CT molecular complexity index is 707. The molecule has 1 aromatic carbocycles. The summed E-state index contributed by atoms with van der Waals surface area (Å²) in [6.07, 6.45) is 16.6. The zero-order chi connectivity index (χ0) is 20.4. The molecule has 1 heterocycles. The molecule has 1 aliphatic heterocycles. The molecule has 0 saturated carbocycles. The van der Waals surface area contributed by atoms with Crippen molar-refractivity contribution >= 4 is 10.0 Å². The minimum atomic E-state index is -3.47. The smallest absolute Gasteiger partial charge is 0.264 e. The molecule has 2 rings (SSSR count). The van der Waals surface area contributed by atoms with Gasteiger partial charge >= 0.3 is 0 Å². The Hall–Kier alpha value is -1.29. The highest BCUT2D eigenvalue weighted by atomic mass is 32.2. The Kier molecular flexibility index (Phi) is 9.57. The van der Waals surface area contributed by atoms with Crippen LogP contribution in [0, 0.1) is 6.92 Å². The van der Waals surface area contributed by atoms with Gasteiger partial charge in [-0.3, -0.25) is 4.31 Å². The third kappa shape index (κ3) is 6.65. The van der Waals surface area contributed by atoms with E-state index in [-0.39, 0.29) is 6.04 Å². The number of hydrogen-bond acceptors (Lipinski definition) is 2. The maximum Gasteiger partial charge on any atom is 0.264 e. The molecule has 0 spiro atoms. The van der Waals surface area contributed by atoms with E-state index in [0.717, 1.165) is 36.9 Å². The molecule has 158 valence electrons. The van der Waals surface area contributed by atoms with Gasteiger partial charge in [0.2, 0.25) is 0 Å². The van der Waals surface area contributed by atoms with Gasteiger partial charge < -0.3 is 0 Å². The molecule has 0 amide bonds. The van der Waals surface area contributed by atoms with Crippen LogP contribution in [0.1, 0.15) is 96.5 Å². The fraction of sp³-hybridized carbons (Fsp3) is 0.667. The summed E-state index contributed by atoms with van der Waals surface area (Å²) in [7, 11) is -3.47. The fourth-order valence-electron chi connectivity index (χ4n) is 4.14. The number of aryl methyl sites for hydroxylation is 1. The molecule has 0 aromatic heterocycles. The van der Waals surface area contributed by atoms with Gasteiger partial charge in [0.05, 0.1) is 4.90 Å². The molecule has 1 aliphatic rings. The lowest BCUT2D eigenvalue weighted by molar-refractivity contribution is 0.314. The second-order valence-electron chi connectivity index (χ2n) is 8.31. The summed E-state index contributed by atoms with van der Waals surface area (Å²) in [6, 6.07) is 7.34. The molecular weight excluding hydrogens is 366 g/mol. The van der Waals surface area contributed by atoms with Gasteiger partial charge in [0.15, 0.2) is 0 Å². The van der Waals surface area contributed by atoms with Crippen molar-refractivity contribution in [3.8, 4) is 0 Å². The van der Waals surface area contributed by atoms with Crippen LogP contribution in [0.3, 0.4) is 0 Å². The van der Waals surface area contributed by atoms with Gasteiger partial charge in [-0.05, 0) is 45.2 Å². The summed E-state index contributed by atoms with van der Waals surface area (Å²) in [5, 5.41) is 0. The number of allylic oxidation sites excluding steroid dienone is 2. The van der Waals surface area contributed by atoms with Gasteiger partial charge in [0.1, 0.15) is 0 Å². The average Bonchev–Trinajstić information content (AvgIpc) is 2.67. The third-order valence-corrected chi connectivity index (χ3v) is 7.81. The Morgan fingerprint density at radius 3 is 2.07 bits per heavy atom. The number of rotatable bonds is 12. The van der Waals surface area contributed by atoms with E-state index >= 15 is 0 Å². The molecule has 0 aliphatic carbocycles. The van der Waals surface area contributed by atoms with Crippen LogP contribution in [-0.4, -0.2) is 18.8 Å². The number of unbranched alkanes of at least 4 members (excludes halogenated alkanes) is 8. The van der Waals surface area contributed by atoms with Gasteiger partial charge in [-0.25, -0.2) is 8.42 Å². The molecule has 28 heavy (non-hydrogen) atoms. The third-order valence-electron chi connectivity index (χ3n) is 5.84. The molecule has 0 bridgehead atoms. The monoisotopic (exact) mass is 405 g/mol. The van der Waals surface area contributed by atoms with E-state index in [4.69, 9.17) is 0 Å². The number of hydrogen-bond donors (Lipinski definition) is 0. The number of nitrogens with zero attached hydrogens (tertiary/aromatic N) is 1. The molecule has 0 radical (unpaired) electrons. The topological polar surface area (TPSA) is 37.4 Å². The Balaban J connectivity index is 1.87. The van der Waals surface area contributed by atoms with E-state index in [2.05, 4.69) is 13.0 Å². The first-order valence-corrected chi connectivity index (χ1v) is 12.7. The van der Waals surface area contributed by atoms with E-state index in [1.807, 2.05) is 26.0 Å². The van der Waals surface area contributed by atoms with Crippen LogP contribution in [0.5, 0.6) is 0 Å². The van der Waals surface area contributed by atoms with Gasteiger partial charge in [-0.15, -0.1) is 0 Å². The normalized spacial score (nSPS) is 17.6. The van der Waals surface area contributed by atoms with Crippen molar-refractivity contribution < 1.29 is 8.42 Å². The summed E-state index contributed by atoms with van der Waals surface area (Å²) in [5.74, 6) is 0. The second kappa shape index (κ2) is 11.6. The molecule has 0 unspecified atom stereocenters. The summed E-state index contributed by atoms with van der Waals surface area (Å²) in [6.45, 7) is 6.17. The van der Waals surface area contributed by atoms with E-state index in [1.165, 1.54) is 51.4 Å². The molecular formula is C24H39NO2S. The molecule has 4 heteroatoms. The largest absolute Gasteiger partial charge is 0.268 e. The molecule has 1 aromatic rings. The van der Waals surface area contributed by atoms with Crippen LogP contribution in [0.4, 0.5) is 0 Å². The fourth-order valence-corrected chi connectivity index (χ4v) is 5.91. The summed E-state index contributed by atoms with van der Waals surface area (Å²) < 4.78 is 28.2. The lowest BCUT2D eigenvalue weighted by Gasteiger charge is -2.36. The lowest BCUT2D eigenvalue weighted by atomic mass is 9.99. The van der Waals surface area contributed by atoms with Crippen LogP contribution in [0.2, 0.25) is 0 Å². The molecule has 0 fully saturated rings. The van der Waals surface area contributed by atoms with Gasteiger partial charge in [0, 0.05) is 11.7 Å². The van der Waals surface area contributed by atoms with Crippen molar-refractivity contribution in [2.75, 3.05) is 0 Å². The lowest BCUT2D eigenvalue weighted by Crippen LogP contribution is -2.40. The van der Waals surface area contributed by atoms with Crippen LogP contribution >= 0.6 is 0 Å². The first kappa shape index (κ1) is 23.0. The van der Waals surface area contributed by atoms with Crippen molar-refractivity contribution in [2.45, 2.75) is 109 Å². The highest BCUT2D eigenvalue weighted by Gasteiger charge is 2.32. The summed E-state index contributed by atoms with van der Waals surface area (Å²) >= 11 is 0. The number of sulfonamides is 1. The van der Waals surface area contributed by atoms with Crippen molar-refractivity contribution in [1.29, 1.82) is 0 Å². The summed E-state index contributed by atoms with van der Waals surface area (Å²) in [4.78, 5) is 0.407. The van der Waals surface area contributed by atoms with Gasteiger partial charge in [-0.1, -0.05) is 88.5 Å². The molecule has 1 atom stereocenters.